The molecule has 0 amide bonds. The van der Waals surface area contributed by atoms with Gasteiger partial charge in [0.2, 0.25) is 0 Å². The van der Waals surface area contributed by atoms with E-state index in [1.807, 2.05) is 0 Å². The standard InChI is InChI=1S/2C19H24F3NO2/c2*1-25-18(24)11-13-10-17(23-16-5-3-2-4-15(13)16)12-6-8-14(9-7-12)19(20,21)22/h2*6-9,13,15-17,23H,2-5,10-11H2,1H3/t13-,15+,16+,17+;13-,15-,16+,17+/m11/s1. The zero-order valence-corrected chi connectivity index (χ0v) is 28.6. The van der Waals surface area contributed by atoms with Gasteiger partial charge in [-0.25, -0.2) is 0 Å². The van der Waals surface area contributed by atoms with Gasteiger partial charge in [-0.05, 0) is 97.6 Å². The minimum absolute atomic E-state index is 0.0173. The van der Waals surface area contributed by atoms with Crippen molar-refractivity contribution in [2.75, 3.05) is 14.2 Å². The Morgan fingerprint density at radius 3 is 1.26 bits per heavy atom. The Hall–Kier alpha value is -3.12. The number of nitrogens with one attached hydrogen (secondary N) is 2. The van der Waals surface area contributed by atoms with Crippen molar-refractivity contribution in [2.45, 2.75) is 114 Å². The number of fused-ring (bicyclic) bond motifs is 2. The number of carbonyl (C=O) groups is 2. The van der Waals surface area contributed by atoms with E-state index in [9.17, 15) is 35.9 Å². The van der Waals surface area contributed by atoms with Crippen molar-refractivity contribution < 1.29 is 45.4 Å². The Labute approximate surface area is 290 Å². The van der Waals surface area contributed by atoms with Crippen molar-refractivity contribution in [3.8, 4) is 0 Å². The molecule has 0 bridgehead atoms. The molecule has 50 heavy (non-hydrogen) atoms. The Morgan fingerprint density at radius 1 is 0.600 bits per heavy atom. The fourth-order valence-corrected chi connectivity index (χ4v) is 8.81. The molecular weight excluding hydrogens is 662 g/mol. The molecular formula is C38H48F6N2O4. The minimum atomic E-state index is -4.32. The normalized spacial score (nSPS) is 29.8. The van der Waals surface area contributed by atoms with Crippen molar-refractivity contribution >= 4 is 11.9 Å². The predicted octanol–water partition coefficient (Wildman–Crippen LogP) is 8.96. The third-order valence-corrected chi connectivity index (χ3v) is 11.4. The van der Waals surface area contributed by atoms with Gasteiger partial charge in [0.25, 0.3) is 0 Å². The van der Waals surface area contributed by atoms with Gasteiger partial charge in [0.15, 0.2) is 0 Å². The van der Waals surface area contributed by atoms with Crippen molar-refractivity contribution in [3.05, 3.63) is 70.8 Å². The van der Waals surface area contributed by atoms with Crippen LogP contribution in [0.2, 0.25) is 0 Å². The summed E-state index contributed by atoms with van der Waals surface area (Å²) >= 11 is 0. The number of rotatable bonds is 6. The third kappa shape index (κ3) is 9.60. The molecule has 4 aliphatic rings. The highest BCUT2D eigenvalue weighted by molar-refractivity contribution is 5.70. The van der Waals surface area contributed by atoms with E-state index >= 15 is 0 Å². The maximum absolute atomic E-state index is 12.8. The van der Waals surface area contributed by atoms with Crippen LogP contribution >= 0.6 is 0 Å². The number of benzene rings is 2. The maximum Gasteiger partial charge on any atom is 0.416 e. The molecule has 8 atom stereocenters. The van der Waals surface area contributed by atoms with Gasteiger partial charge in [-0.15, -0.1) is 0 Å². The van der Waals surface area contributed by atoms with Crippen LogP contribution in [0.3, 0.4) is 0 Å². The number of methoxy groups -OCH3 is 2. The minimum Gasteiger partial charge on any atom is -0.469 e. The Kier molecular flexibility index (Phi) is 12.6. The first-order valence-corrected chi connectivity index (χ1v) is 17.8. The highest BCUT2D eigenvalue weighted by Gasteiger charge is 2.42. The monoisotopic (exact) mass is 710 g/mol. The summed E-state index contributed by atoms with van der Waals surface area (Å²) < 4.78 is 86.2. The summed E-state index contributed by atoms with van der Waals surface area (Å²) in [6.45, 7) is 0. The van der Waals surface area contributed by atoms with Crippen LogP contribution in [0.1, 0.15) is 111 Å². The third-order valence-electron chi connectivity index (χ3n) is 11.4. The highest BCUT2D eigenvalue weighted by Crippen LogP contribution is 2.44. The molecule has 0 radical (unpaired) electrons. The second-order valence-electron chi connectivity index (χ2n) is 14.3. The molecule has 276 valence electrons. The summed E-state index contributed by atoms with van der Waals surface area (Å²) in [5.41, 5.74) is 0.446. The molecule has 12 heteroatoms. The quantitative estimate of drug-likeness (QED) is 0.230. The van der Waals surface area contributed by atoms with E-state index in [1.165, 1.54) is 27.1 Å². The molecule has 2 saturated carbocycles. The first kappa shape index (κ1) is 38.1. The molecule has 0 aromatic heterocycles. The second kappa shape index (κ2) is 16.5. The van der Waals surface area contributed by atoms with E-state index < -0.39 is 23.5 Å². The molecule has 2 heterocycles. The SMILES string of the molecule is COC(=O)C[C@H]1C[C@@H](c2ccc(C(F)(F)F)cc2)N[C@H]2CCCC[C@@H]12.COC(=O)C[C@H]1C[C@@H](c2ccc(C(F)(F)F)cc2)N[C@H]2CCCC[C@H]12. The molecule has 6 nitrogen and oxygen atoms in total. The van der Waals surface area contributed by atoms with Crippen LogP contribution in [-0.2, 0) is 31.4 Å². The first-order valence-electron chi connectivity index (χ1n) is 17.8. The summed E-state index contributed by atoms with van der Waals surface area (Å²) in [4.78, 5) is 23.6. The molecule has 6 rings (SSSR count). The number of carbonyl (C=O) groups excluding carboxylic acids is 2. The van der Waals surface area contributed by atoms with Crippen molar-refractivity contribution in [2.24, 2.45) is 23.7 Å². The summed E-state index contributed by atoms with van der Waals surface area (Å²) in [6.07, 6.45) is 2.59. The summed E-state index contributed by atoms with van der Waals surface area (Å²) in [5, 5.41) is 7.24. The van der Waals surface area contributed by atoms with E-state index in [4.69, 9.17) is 9.47 Å². The van der Waals surface area contributed by atoms with Crippen molar-refractivity contribution in [1.29, 1.82) is 0 Å². The number of esters is 2. The van der Waals surface area contributed by atoms with Crippen LogP contribution in [0, 0.1) is 23.7 Å². The molecule has 2 saturated heterocycles. The first-order chi connectivity index (χ1) is 23.8. The Bertz CT molecular complexity index is 1310. The van der Waals surface area contributed by atoms with Crippen LogP contribution in [-0.4, -0.2) is 38.2 Å². The average Bonchev–Trinajstić information content (AvgIpc) is 3.11. The van der Waals surface area contributed by atoms with Gasteiger partial charge in [-0.2, -0.15) is 26.3 Å². The summed E-state index contributed by atoms with van der Waals surface area (Å²) in [7, 11) is 2.80. The molecule has 2 aromatic carbocycles. The van der Waals surface area contributed by atoms with Crippen molar-refractivity contribution in [3.63, 3.8) is 0 Å². The zero-order chi connectivity index (χ0) is 36.1. The van der Waals surface area contributed by atoms with E-state index in [2.05, 4.69) is 10.6 Å². The Balaban J connectivity index is 0.000000194. The second-order valence-corrected chi connectivity index (χ2v) is 14.3. The topological polar surface area (TPSA) is 76.7 Å². The van der Waals surface area contributed by atoms with Crippen LogP contribution in [0.5, 0.6) is 0 Å². The maximum atomic E-state index is 12.8. The van der Waals surface area contributed by atoms with Crippen LogP contribution in [0.25, 0.3) is 0 Å². The van der Waals surface area contributed by atoms with Gasteiger partial charge in [0, 0.05) is 37.0 Å². The van der Waals surface area contributed by atoms with Gasteiger partial charge in [-0.1, -0.05) is 49.9 Å². The smallest absolute Gasteiger partial charge is 0.416 e. The van der Waals surface area contributed by atoms with Gasteiger partial charge < -0.3 is 20.1 Å². The lowest BCUT2D eigenvalue weighted by molar-refractivity contribution is -0.143. The molecule has 2 aromatic rings. The number of hydrogen-bond donors (Lipinski definition) is 2. The van der Waals surface area contributed by atoms with E-state index in [1.54, 1.807) is 24.3 Å². The molecule has 0 spiro atoms. The van der Waals surface area contributed by atoms with E-state index in [0.717, 1.165) is 86.8 Å². The fourth-order valence-electron chi connectivity index (χ4n) is 8.81. The predicted molar refractivity (Wildman–Crippen MR) is 176 cm³/mol. The van der Waals surface area contributed by atoms with Crippen LogP contribution in [0.4, 0.5) is 26.3 Å². The summed E-state index contributed by atoms with van der Waals surface area (Å²) in [5.74, 6) is 0.902. The van der Waals surface area contributed by atoms with Crippen LogP contribution in [0.15, 0.2) is 48.5 Å². The fraction of sp³-hybridized carbons (Fsp3) is 0.632. The molecule has 2 aliphatic heterocycles. The van der Waals surface area contributed by atoms with Crippen LogP contribution < -0.4 is 10.6 Å². The van der Waals surface area contributed by atoms with Gasteiger partial charge in [-0.3, -0.25) is 9.59 Å². The molecule has 2 aliphatic carbocycles. The lowest BCUT2D eigenvalue weighted by Crippen LogP contribution is -2.49. The number of alkyl halides is 6. The molecule has 0 unspecified atom stereocenters. The average molecular weight is 711 g/mol. The van der Waals surface area contributed by atoms with Crippen molar-refractivity contribution in [1.82, 2.24) is 10.6 Å². The zero-order valence-electron chi connectivity index (χ0n) is 28.6. The molecule has 4 fully saturated rings. The van der Waals surface area contributed by atoms with E-state index in [-0.39, 0.29) is 35.9 Å². The largest absolute Gasteiger partial charge is 0.469 e. The van der Waals surface area contributed by atoms with E-state index in [0.29, 0.717) is 36.8 Å². The van der Waals surface area contributed by atoms with Gasteiger partial charge >= 0.3 is 24.3 Å². The number of halogens is 6. The van der Waals surface area contributed by atoms with Gasteiger partial charge in [0.1, 0.15) is 0 Å². The lowest BCUT2D eigenvalue weighted by atomic mass is 9.69. The summed E-state index contributed by atoms with van der Waals surface area (Å²) in [6, 6.07) is 11.4. The Morgan fingerprint density at radius 2 is 0.940 bits per heavy atom. The number of piperidine rings is 2. The molecule has 2 N–H and O–H groups in total. The van der Waals surface area contributed by atoms with Gasteiger partial charge in [0.05, 0.1) is 25.3 Å². The number of ether oxygens (including phenoxy) is 2. The number of hydrogen-bond acceptors (Lipinski definition) is 6. The highest BCUT2D eigenvalue weighted by atomic mass is 19.4. The lowest BCUT2D eigenvalue weighted by Gasteiger charge is -2.45.